The quantitative estimate of drug-likeness (QED) is 0.484. The van der Waals surface area contributed by atoms with Crippen LogP contribution < -0.4 is 0 Å². The van der Waals surface area contributed by atoms with Gasteiger partial charge in [0.15, 0.2) is 0 Å². The highest BCUT2D eigenvalue weighted by atomic mass is 19.1. The van der Waals surface area contributed by atoms with Gasteiger partial charge in [-0.1, -0.05) is 31.2 Å². The van der Waals surface area contributed by atoms with Gasteiger partial charge in [-0.2, -0.15) is 0 Å². The Morgan fingerprint density at radius 3 is 2.38 bits per heavy atom. The van der Waals surface area contributed by atoms with Crippen LogP contribution in [0.1, 0.15) is 50.2 Å². The van der Waals surface area contributed by atoms with Gasteiger partial charge in [0.2, 0.25) is 0 Å². The van der Waals surface area contributed by atoms with Gasteiger partial charge in [-0.05, 0) is 57.0 Å². The standard InChI is InChI=1S/C21H24FNO/c1-5-6-8-19-16(4)23(15(2)3)20(9-7-14-24)21(19)17-10-12-18(22)13-11-17/h6-15H,5H2,1-4H3/b8-6-,9-7+. The molecule has 24 heavy (non-hydrogen) atoms. The topological polar surface area (TPSA) is 22.0 Å². The Morgan fingerprint density at radius 1 is 1.17 bits per heavy atom. The highest BCUT2D eigenvalue weighted by Crippen LogP contribution is 2.36. The summed E-state index contributed by atoms with van der Waals surface area (Å²) in [6.07, 6.45) is 9.30. The summed E-state index contributed by atoms with van der Waals surface area (Å²) in [5.74, 6) is -0.255. The molecule has 0 saturated heterocycles. The maximum absolute atomic E-state index is 13.3. The minimum atomic E-state index is -0.255. The second kappa shape index (κ2) is 7.91. The maximum Gasteiger partial charge on any atom is 0.142 e. The first kappa shape index (κ1) is 17.9. The lowest BCUT2D eigenvalue weighted by Gasteiger charge is -2.14. The van der Waals surface area contributed by atoms with E-state index in [1.165, 1.54) is 18.2 Å². The number of benzene rings is 1. The fraction of sp³-hybridized carbons (Fsp3) is 0.286. The molecule has 0 saturated carbocycles. The Hall–Kier alpha value is -2.42. The minimum absolute atomic E-state index is 0.249. The van der Waals surface area contributed by atoms with Crippen LogP contribution in [-0.4, -0.2) is 10.9 Å². The first-order chi connectivity index (χ1) is 11.5. The number of allylic oxidation sites excluding steroid dienone is 2. The average molecular weight is 325 g/mol. The van der Waals surface area contributed by atoms with Crippen LogP contribution in [0.15, 0.2) is 36.4 Å². The van der Waals surface area contributed by atoms with Crippen molar-refractivity contribution in [3.63, 3.8) is 0 Å². The van der Waals surface area contributed by atoms with Gasteiger partial charge in [0.05, 0.1) is 0 Å². The second-order valence-corrected chi connectivity index (χ2v) is 6.04. The zero-order valence-corrected chi connectivity index (χ0v) is 14.7. The van der Waals surface area contributed by atoms with Crippen molar-refractivity contribution in [1.82, 2.24) is 4.57 Å². The van der Waals surface area contributed by atoms with E-state index in [0.29, 0.717) is 0 Å². The molecule has 0 aliphatic carbocycles. The number of halogens is 1. The van der Waals surface area contributed by atoms with Crippen molar-refractivity contribution in [2.45, 2.75) is 40.2 Å². The van der Waals surface area contributed by atoms with Crippen molar-refractivity contribution in [2.24, 2.45) is 0 Å². The van der Waals surface area contributed by atoms with E-state index >= 15 is 0 Å². The number of carbonyl (C=O) groups is 1. The molecule has 1 aromatic heterocycles. The van der Waals surface area contributed by atoms with Crippen LogP contribution in [0.2, 0.25) is 0 Å². The summed E-state index contributed by atoms with van der Waals surface area (Å²) in [7, 11) is 0. The first-order valence-corrected chi connectivity index (χ1v) is 8.30. The summed E-state index contributed by atoms with van der Waals surface area (Å²) < 4.78 is 15.6. The number of aromatic nitrogens is 1. The molecule has 0 spiro atoms. The number of hydrogen-bond acceptors (Lipinski definition) is 1. The van der Waals surface area contributed by atoms with Crippen LogP contribution in [0.4, 0.5) is 4.39 Å². The smallest absolute Gasteiger partial charge is 0.142 e. The van der Waals surface area contributed by atoms with Crippen molar-refractivity contribution in [1.29, 1.82) is 0 Å². The van der Waals surface area contributed by atoms with Gasteiger partial charge in [-0.15, -0.1) is 0 Å². The normalized spacial score (nSPS) is 11.9. The monoisotopic (exact) mass is 325 g/mol. The summed E-state index contributed by atoms with van der Waals surface area (Å²) in [6.45, 7) is 8.41. The summed E-state index contributed by atoms with van der Waals surface area (Å²) in [5.41, 5.74) is 5.20. The molecule has 0 bridgehead atoms. The summed E-state index contributed by atoms with van der Waals surface area (Å²) in [4.78, 5) is 10.9. The molecule has 0 fully saturated rings. The average Bonchev–Trinajstić information content (AvgIpc) is 2.83. The number of rotatable bonds is 6. The predicted molar refractivity (Wildman–Crippen MR) is 99.4 cm³/mol. The second-order valence-electron chi connectivity index (χ2n) is 6.04. The first-order valence-electron chi connectivity index (χ1n) is 8.30. The minimum Gasteiger partial charge on any atom is -0.342 e. The molecule has 1 heterocycles. The molecular weight excluding hydrogens is 301 g/mol. The fourth-order valence-corrected chi connectivity index (χ4v) is 3.07. The number of hydrogen-bond donors (Lipinski definition) is 0. The molecule has 1 aromatic carbocycles. The Balaban J connectivity index is 2.82. The van der Waals surface area contributed by atoms with Crippen LogP contribution in [0, 0.1) is 12.7 Å². The number of carbonyl (C=O) groups excluding carboxylic acids is 1. The van der Waals surface area contributed by atoms with Crippen molar-refractivity contribution in [3.05, 3.63) is 59.2 Å². The third kappa shape index (κ3) is 3.56. The van der Waals surface area contributed by atoms with Crippen molar-refractivity contribution in [3.8, 4) is 11.1 Å². The zero-order chi connectivity index (χ0) is 17.7. The molecule has 0 aliphatic rings. The molecule has 0 unspecified atom stereocenters. The van der Waals surface area contributed by atoms with Crippen molar-refractivity contribution >= 4 is 18.4 Å². The SMILES string of the molecule is CC/C=C\c1c(-c2ccc(F)cc2)c(/C=C/C=O)n(C(C)C)c1C. The van der Waals surface area contributed by atoms with Crippen LogP contribution in [0.25, 0.3) is 23.3 Å². The van der Waals surface area contributed by atoms with E-state index in [0.717, 1.165) is 40.8 Å². The number of nitrogens with zero attached hydrogens (tertiary/aromatic N) is 1. The van der Waals surface area contributed by atoms with Crippen molar-refractivity contribution in [2.75, 3.05) is 0 Å². The van der Waals surface area contributed by atoms with Crippen LogP contribution in [0.5, 0.6) is 0 Å². The van der Waals surface area contributed by atoms with Gasteiger partial charge >= 0.3 is 0 Å². The third-order valence-electron chi connectivity index (χ3n) is 4.04. The molecule has 3 heteroatoms. The molecule has 0 aliphatic heterocycles. The number of aldehydes is 1. The van der Waals surface area contributed by atoms with Crippen LogP contribution >= 0.6 is 0 Å². The molecule has 2 rings (SSSR count). The molecular formula is C21H24FNO. The maximum atomic E-state index is 13.3. The van der Waals surface area contributed by atoms with Gasteiger partial charge in [0.25, 0.3) is 0 Å². The lowest BCUT2D eigenvalue weighted by molar-refractivity contribution is -0.104. The highest BCUT2D eigenvalue weighted by Gasteiger charge is 2.20. The van der Waals surface area contributed by atoms with Gasteiger partial charge < -0.3 is 4.57 Å². The molecule has 0 N–H and O–H groups in total. The van der Waals surface area contributed by atoms with E-state index in [1.54, 1.807) is 12.1 Å². The molecule has 0 atom stereocenters. The molecule has 0 radical (unpaired) electrons. The van der Waals surface area contributed by atoms with E-state index in [2.05, 4.69) is 44.4 Å². The fourth-order valence-electron chi connectivity index (χ4n) is 3.07. The summed E-state index contributed by atoms with van der Waals surface area (Å²) in [6, 6.07) is 6.77. The van der Waals surface area contributed by atoms with Gasteiger partial charge in [0, 0.05) is 28.6 Å². The molecule has 126 valence electrons. The van der Waals surface area contributed by atoms with Gasteiger partial charge in [-0.3, -0.25) is 4.79 Å². The zero-order valence-electron chi connectivity index (χ0n) is 14.7. The lowest BCUT2D eigenvalue weighted by atomic mass is 9.99. The largest absolute Gasteiger partial charge is 0.342 e. The van der Waals surface area contributed by atoms with Crippen LogP contribution in [0.3, 0.4) is 0 Å². The Kier molecular flexibility index (Phi) is 5.91. The summed E-state index contributed by atoms with van der Waals surface area (Å²) in [5, 5.41) is 0. The molecule has 0 amide bonds. The van der Waals surface area contributed by atoms with Gasteiger partial charge in [-0.25, -0.2) is 4.39 Å². The third-order valence-corrected chi connectivity index (χ3v) is 4.04. The van der Waals surface area contributed by atoms with E-state index < -0.39 is 0 Å². The molecule has 2 aromatic rings. The van der Waals surface area contributed by atoms with Gasteiger partial charge in [0.1, 0.15) is 12.1 Å². The molecule has 2 nitrogen and oxygen atoms in total. The van der Waals surface area contributed by atoms with E-state index in [-0.39, 0.29) is 11.9 Å². The summed E-state index contributed by atoms with van der Waals surface area (Å²) >= 11 is 0. The van der Waals surface area contributed by atoms with E-state index in [1.807, 2.05) is 6.08 Å². The van der Waals surface area contributed by atoms with E-state index in [9.17, 15) is 9.18 Å². The Morgan fingerprint density at radius 2 is 1.83 bits per heavy atom. The Bertz CT molecular complexity index is 764. The van der Waals surface area contributed by atoms with E-state index in [4.69, 9.17) is 0 Å². The lowest BCUT2D eigenvalue weighted by Crippen LogP contribution is -2.05. The predicted octanol–water partition coefficient (Wildman–Crippen LogP) is 5.82. The highest BCUT2D eigenvalue weighted by molar-refractivity contribution is 5.87. The Labute approximate surface area is 143 Å². The van der Waals surface area contributed by atoms with Crippen molar-refractivity contribution < 1.29 is 9.18 Å². The van der Waals surface area contributed by atoms with Crippen LogP contribution in [-0.2, 0) is 4.79 Å².